The summed E-state index contributed by atoms with van der Waals surface area (Å²) in [5.74, 6) is 0.509. The molecule has 1 atom stereocenters. The normalized spacial score (nSPS) is 15.3. The minimum absolute atomic E-state index is 0.143. The zero-order valence-electron chi connectivity index (χ0n) is 16.0. The van der Waals surface area contributed by atoms with E-state index in [-0.39, 0.29) is 5.91 Å². The number of anilines is 2. The van der Waals surface area contributed by atoms with E-state index in [4.69, 9.17) is 16.3 Å². The molecule has 0 unspecified atom stereocenters. The van der Waals surface area contributed by atoms with Crippen LogP contribution in [0, 0.1) is 6.92 Å². The number of carbonyl (C=O) groups excluding carboxylic acids is 1. The maximum absolute atomic E-state index is 12.6. The molecule has 0 spiro atoms. The summed E-state index contributed by atoms with van der Waals surface area (Å²) >= 11 is 6.05. The quantitative estimate of drug-likeness (QED) is 0.719. The van der Waals surface area contributed by atoms with Crippen LogP contribution in [-0.4, -0.2) is 25.1 Å². The van der Waals surface area contributed by atoms with Crippen molar-refractivity contribution in [1.29, 1.82) is 0 Å². The number of nitrogens with one attached hydrogen (secondary N) is 1. The molecule has 0 saturated carbocycles. The molecule has 4 nitrogen and oxygen atoms in total. The van der Waals surface area contributed by atoms with Gasteiger partial charge >= 0.3 is 0 Å². The molecular formula is C22H27ClN2O2. The maximum Gasteiger partial charge on any atom is 0.265 e. The molecule has 0 aliphatic carbocycles. The fourth-order valence-electron chi connectivity index (χ4n) is 3.31. The van der Waals surface area contributed by atoms with E-state index in [1.165, 1.54) is 24.9 Å². The first kappa shape index (κ1) is 19.6. The van der Waals surface area contributed by atoms with Crippen LogP contribution in [-0.2, 0) is 4.79 Å². The van der Waals surface area contributed by atoms with Gasteiger partial charge in [0.15, 0.2) is 6.10 Å². The molecule has 1 fully saturated rings. The van der Waals surface area contributed by atoms with Crippen molar-refractivity contribution in [3.05, 3.63) is 53.1 Å². The van der Waals surface area contributed by atoms with Crippen molar-refractivity contribution < 1.29 is 9.53 Å². The van der Waals surface area contributed by atoms with E-state index < -0.39 is 6.10 Å². The van der Waals surface area contributed by atoms with Crippen molar-refractivity contribution in [2.24, 2.45) is 0 Å². The number of piperidine rings is 1. The second-order valence-corrected chi connectivity index (χ2v) is 7.42. The highest BCUT2D eigenvalue weighted by atomic mass is 35.5. The smallest absolute Gasteiger partial charge is 0.265 e. The Labute approximate surface area is 166 Å². The third-order valence-electron chi connectivity index (χ3n) is 4.93. The highest BCUT2D eigenvalue weighted by molar-refractivity contribution is 6.31. The van der Waals surface area contributed by atoms with Crippen LogP contribution in [0.1, 0.15) is 38.2 Å². The number of carbonyl (C=O) groups is 1. The molecule has 0 bridgehead atoms. The lowest BCUT2D eigenvalue weighted by atomic mass is 10.1. The van der Waals surface area contributed by atoms with Gasteiger partial charge in [0.2, 0.25) is 0 Å². The number of nitrogens with zero attached hydrogens (tertiary/aromatic N) is 1. The zero-order chi connectivity index (χ0) is 19.2. The van der Waals surface area contributed by atoms with Gasteiger partial charge < -0.3 is 15.0 Å². The van der Waals surface area contributed by atoms with E-state index in [9.17, 15) is 4.79 Å². The molecule has 1 amide bonds. The van der Waals surface area contributed by atoms with E-state index in [0.29, 0.717) is 17.2 Å². The van der Waals surface area contributed by atoms with Gasteiger partial charge in [-0.3, -0.25) is 4.79 Å². The zero-order valence-corrected chi connectivity index (χ0v) is 16.8. The number of rotatable bonds is 6. The van der Waals surface area contributed by atoms with E-state index in [2.05, 4.69) is 22.3 Å². The minimum Gasteiger partial charge on any atom is -0.481 e. The molecule has 1 aliphatic rings. The van der Waals surface area contributed by atoms with Crippen LogP contribution in [0.5, 0.6) is 5.75 Å². The molecule has 1 heterocycles. The molecule has 27 heavy (non-hydrogen) atoms. The summed E-state index contributed by atoms with van der Waals surface area (Å²) < 4.78 is 5.87. The summed E-state index contributed by atoms with van der Waals surface area (Å²) in [5.41, 5.74) is 2.93. The largest absolute Gasteiger partial charge is 0.481 e. The monoisotopic (exact) mass is 386 g/mol. The van der Waals surface area contributed by atoms with E-state index >= 15 is 0 Å². The molecule has 144 valence electrons. The third-order valence-corrected chi connectivity index (χ3v) is 5.35. The number of aryl methyl sites for hydroxylation is 1. The van der Waals surface area contributed by atoms with Gasteiger partial charge in [0.1, 0.15) is 5.75 Å². The summed E-state index contributed by atoms with van der Waals surface area (Å²) in [4.78, 5) is 15.0. The van der Waals surface area contributed by atoms with Crippen LogP contribution >= 0.6 is 11.6 Å². The molecule has 1 aliphatic heterocycles. The molecule has 1 saturated heterocycles. The van der Waals surface area contributed by atoms with Gasteiger partial charge in [0.25, 0.3) is 5.91 Å². The van der Waals surface area contributed by atoms with Gasteiger partial charge in [0, 0.05) is 29.5 Å². The first-order valence-corrected chi connectivity index (χ1v) is 10.0. The number of hydrogen-bond donors (Lipinski definition) is 1. The summed E-state index contributed by atoms with van der Waals surface area (Å²) in [6, 6.07) is 13.5. The van der Waals surface area contributed by atoms with Crippen molar-refractivity contribution in [2.45, 2.75) is 45.6 Å². The standard InChI is InChI=1S/C22H27ClN2O2/c1-3-21(27-19-11-12-20(23)16(2)15-19)22(26)24-17-7-9-18(10-8-17)25-13-5-4-6-14-25/h7-12,15,21H,3-6,13-14H2,1-2H3,(H,24,26)/t21-/m0/s1. The fraction of sp³-hybridized carbons (Fsp3) is 0.409. The molecular weight excluding hydrogens is 360 g/mol. The van der Waals surface area contributed by atoms with Crippen molar-refractivity contribution in [3.63, 3.8) is 0 Å². The molecule has 1 N–H and O–H groups in total. The molecule has 2 aromatic rings. The van der Waals surface area contributed by atoms with E-state index in [1.807, 2.05) is 32.0 Å². The van der Waals surface area contributed by atoms with Crippen LogP contribution in [0.25, 0.3) is 0 Å². The van der Waals surface area contributed by atoms with Crippen LogP contribution in [0.3, 0.4) is 0 Å². The Balaban J connectivity index is 1.61. The maximum atomic E-state index is 12.6. The van der Waals surface area contributed by atoms with Gasteiger partial charge in [-0.05, 0) is 80.6 Å². The van der Waals surface area contributed by atoms with Crippen LogP contribution in [0.2, 0.25) is 5.02 Å². The van der Waals surface area contributed by atoms with Crippen LogP contribution < -0.4 is 15.0 Å². The van der Waals surface area contributed by atoms with Crippen molar-refractivity contribution in [1.82, 2.24) is 0 Å². The Morgan fingerprint density at radius 1 is 1.15 bits per heavy atom. The van der Waals surface area contributed by atoms with Gasteiger partial charge in [-0.2, -0.15) is 0 Å². The van der Waals surface area contributed by atoms with E-state index in [0.717, 1.165) is 24.3 Å². The first-order valence-electron chi connectivity index (χ1n) is 9.65. The van der Waals surface area contributed by atoms with Crippen LogP contribution in [0.15, 0.2) is 42.5 Å². The van der Waals surface area contributed by atoms with Crippen molar-refractivity contribution >= 4 is 28.9 Å². The molecule has 0 aromatic heterocycles. The van der Waals surface area contributed by atoms with Gasteiger partial charge in [0.05, 0.1) is 0 Å². The summed E-state index contributed by atoms with van der Waals surface area (Å²) in [6.45, 7) is 6.07. The lowest BCUT2D eigenvalue weighted by Gasteiger charge is -2.29. The Morgan fingerprint density at radius 3 is 2.48 bits per heavy atom. The SMILES string of the molecule is CC[C@H](Oc1ccc(Cl)c(C)c1)C(=O)Nc1ccc(N2CCCCC2)cc1. The molecule has 5 heteroatoms. The number of benzene rings is 2. The lowest BCUT2D eigenvalue weighted by Crippen LogP contribution is -2.32. The summed E-state index contributed by atoms with van der Waals surface area (Å²) in [6.07, 6.45) is 3.85. The first-order chi connectivity index (χ1) is 13.1. The Morgan fingerprint density at radius 2 is 1.85 bits per heavy atom. The molecule has 3 rings (SSSR count). The number of hydrogen-bond acceptors (Lipinski definition) is 3. The highest BCUT2D eigenvalue weighted by Crippen LogP contribution is 2.24. The third kappa shape index (κ3) is 5.16. The van der Waals surface area contributed by atoms with Gasteiger partial charge in [-0.25, -0.2) is 0 Å². The number of ether oxygens (including phenoxy) is 1. The predicted molar refractivity (Wildman–Crippen MR) is 112 cm³/mol. The van der Waals surface area contributed by atoms with Gasteiger partial charge in [-0.15, -0.1) is 0 Å². The lowest BCUT2D eigenvalue weighted by molar-refractivity contribution is -0.122. The average Bonchev–Trinajstić information content (AvgIpc) is 2.70. The Hall–Kier alpha value is -2.20. The second-order valence-electron chi connectivity index (χ2n) is 7.01. The van der Waals surface area contributed by atoms with Crippen LogP contribution in [0.4, 0.5) is 11.4 Å². The van der Waals surface area contributed by atoms with E-state index in [1.54, 1.807) is 12.1 Å². The molecule has 2 aromatic carbocycles. The Bertz CT molecular complexity index is 770. The summed E-state index contributed by atoms with van der Waals surface area (Å²) in [5, 5.41) is 3.65. The minimum atomic E-state index is -0.549. The topological polar surface area (TPSA) is 41.6 Å². The fourth-order valence-corrected chi connectivity index (χ4v) is 3.42. The molecule has 0 radical (unpaired) electrons. The second kappa shape index (κ2) is 9.14. The average molecular weight is 387 g/mol. The number of amides is 1. The highest BCUT2D eigenvalue weighted by Gasteiger charge is 2.19. The Kier molecular flexibility index (Phi) is 6.62. The van der Waals surface area contributed by atoms with Crippen molar-refractivity contribution in [3.8, 4) is 5.75 Å². The summed E-state index contributed by atoms with van der Waals surface area (Å²) in [7, 11) is 0. The predicted octanol–water partition coefficient (Wildman–Crippen LogP) is 5.43. The van der Waals surface area contributed by atoms with Gasteiger partial charge in [-0.1, -0.05) is 18.5 Å². The number of halogens is 1. The van der Waals surface area contributed by atoms with Crippen molar-refractivity contribution in [2.75, 3.05) is 23.3 Å².